The molecule has 0 spiro atoms. The molecule has 0 bridgehead atoms. The fraction of sp³-hybridized carbons (Fsp3) is 0.200. The maximum atomic E-state index is 12.7. The first-order valence-corrected chi connectivity index (χ1v) is 8.37. The van der Waals surface area contributed by atoms with Gasteiger partial charge >= 0.3 is 0 Å². The summed E-state index contributed by atoms with van der Waals surface area (Å²) in [7, 11) is -2.12. The molecule has 0 saturated carbocycles. The molecule has 0 N–H and O–H groups in total. The second-order valence-electron chi connectivity index (χ2n) is 5.00. The molecule has 0 atom stereocenters. The minimum absolute atomic E-state index is 0.214. The number of hydrogen-bond acceptors (Lipinski definition) is 6. The monoisotopic (exact) mass is 329 g/mol. The lowest BCUT2D eigenvalue weighted by Crippen LogP contribution is -2.12. The summed E-state index contributed by atoms with van der Waals surface area (Å²) in [6, 6.07) is 8.32. The molecule has 23 heavy (non-hydrogen) atoms. The van der Waals surface area contributed by atoms with Gasteiger partial charge in [0.1, 0.15) is 12.1 Å². The Hall–Kier alpha value is -2.61. The van der Waals surface area contributed by atoms with Gasteiger partial charge in [0, 0.05) is 13.2 Å². The Morgan fingerprint density at radius 2 is 1.91 bits per heavy atom. The van der Waals surface area contributed by atoms with Crippen molar-refractivity contribution in [3.05, 3.63) is 54.0 Å². The van der Waals surface area contributed by atoms with Crippen LogP contribution < -0.4 is 0 Å². The molecule has 3 rings (SSSR count). The predicted molar refractivity (Wildman–Crippen MR) is 85.8 cm³/mol. The van der Waals surface area contributed by atoms with Crippen LogP contribution in [-0.4, -0.2) is 29.4 Å². The van der Waals surface area contributed by atoms with Gasteiger partial charge in [-0.2, -0.15) is 10.2 Å². The first kappa shape index (κ1) is 15.3. The molecular formula is C15H15N5O2S. The summed E-state index contributed by atoms with van der Waals surface area (Å²) in [5.41, 5.74) is 2.43. The zero-order chi connectivity index (χ0) is 16.4. The van der Waals surface area contributed by atoms with Gasteiger partial charge in [-0.25, -0.2) is 22.4 Å². The number of aryl methyl sites for hydroxylation is 1. The average Bonchev–Trinajstić information content (AvgIpc) is 2.97. The largest absolute Gasteiger partial charge is 0.269 e. The average molecular weight is 329 g/mol. The number of nitrogens with zero attached hydrogens (tertiary/aromatic N) is 5. The van der Waals surface area contributed by atoms with Crippen LogP contribution in [0.4, 0.5) is 0 Å². The summed E-state index contributed by atoms with van der Waals surface area (Å²) in [6.45, 7) is 2.22. The molecule has 3 aromatic rings. The molecule has 0 radical (unpaired) electrons. The molecule has 2 aromatic heterocycles. The molecule has 1 aromatic carbocycles. The lowest BCUT2D eigenvalue weighted by atomic mass is 10.2. The van der Waals surface area contributed by atoms with Crippen LogP contribution in [0.3, 0.4) is 0 Å². The van der Waals surface area contributed by atoms with E-state index >= 15 is 0 Å². The molecule has 118 valence electrons. The standard InChI is InChI=1S/C15H15N5O2S/c1-11-3-5-13(6-4-11)23(21,22)20-8-7-14-15(20)17-9-12(19-14)10-18-16-2/h3-9H,10H2,1-2H3. The Kier molecular flexibility index (Phi) is 3.91. The Morgan fingerprint density at radius 1 is 1.17 bits per heavy atom. The van der Waals surface area contributed by atoms with Gasteiger partial charge in [0.2, 0.25) is 0 Å². The SMILES string of the molecule is CN=NCc1cnc2c(ccn2S(=O)(=O)c2ccc(C)cc2)n1. The molecule has 0 saturated heterocycles. The van der Waals surface area contributed by atoms with E-state index in [0.29, 0.717) is 23.4 Å². The van der Waals surface area contributed by atoms with Crippen molar-refractivity contribution in [1.29, 1.82) is 0 Å². The quantitative estimate of drug-likeness (QED) is 0.688. The highest BCUT2D eigenvalue weighted by molar-refractivity contribution is 7.90. The van der Waals surface area contributed by atoms with E-state index in [1.54, 1.807) is 37.4 Å². The lowest BCUT2D eigenvalue weighted by Gasteiger charge is -2.07. The van der Waals surface area contributed by atoms with Gasteiger partial charge in [-0.05, 0) is 25.1 Å². The Balaban J connectivity index is 2.07. The molecule has 0 unspecified atom stereocenters. The molecule has 7 nitrogen and oxygen atoms in total. The zero-order valence-electron chi connectivity index (χ0n) is 12.7. The molecule has 0 amide bonds. The van der Waals surface area contributed by atoms with Gasteiger partial charge < -0.3 is 0 Å². The maximum absolute atomic E-state index is 12.7. The first-order valence-electron chi connectivity index (χ1n) is 6.93. The Labute approximate surface area is 133 Å². The van der Waals surface area contributed by atoms with Gasteiger partial charge in [0.05, 0.1) is 16.8 Å². The first-order chi connectivity index (χ1) is 11.0. The minimum Gasteiger partial charge on any atom is -0.246 e. The van der Waals surface area contributed by atoms with E-state index in [1.165, 1.54) is 12.4 Å². The summed E-state index contributed by atoms with van der Waals surface area (Å²) >= 11 is 0. The summed E-state index contributed by atoms with van der Waals surface area (Å²) in [5, 5.41) is 7.52. The highest BCUT2D eigenvalue weighted by Crippen LogP contribution is 2.20. The van der Waals surface area contributed by atoms with Crippen LogP contribution in [0, 0.1) is 6.92 Å². The fourth-order valence-electron chi connectivity index (χ4n) is 2.16. The highest BCUT2D eigenvalue weighted by atomic mass is 32.2. The van der Waals surface area contributed by atoms with E-state index in [2.05, 4.69) is 20.2 Å². The molecule has 0 aliphatic heterocycles. The van der Waals surface area contributed by atoms with Crippen molar-refractivity contribution in [2.45, 2.75) is 18.4 Å². The third kappa shape index (κ3) is 2.85. The van der Waals surface area contributed by atoms with Crippen molar-refractivity contribution in [3.63, 3.8) is 0 Å². The summed E-state index contributed by atoms with van der Waals surface area (Å²) in [6.07, 6.45) is 2.98. The van der Waals surface area contributed by atoms with Crippen LogP contribution in [0.5, 0.6) is 0 Å². The number of aromatic nitrogens is 3. The smallest absolute Gasteiger partial charge is 0.246 e. The molecule has 0 aliphatic carbocycles. The van der Waals surface area contributed by atoms with Crippen molar-refractivity contribution in [1.82, 2.24) is 13.9 Å². The van der Waals surface area contributed by atoms with Crippen LogP contribution in [-0.2, 0) is 16.6 Å². The van der Waals surface area contributed by atoms with E-state index < -0.39 is 10.0 Å². The van der Waals surface area contributed by atoms with Gasteiger partial charge in [0.25, 0.3) is 10.0 Å². The van der Waals surface area contributed by atoms with Crippen LogP contribution in [0.15, 0.2) is 57.8 Å². The zero-order valence-corrected chi connectivity index (χ0v) is 13.5. The van der Waals surface area contributed by atoms with Gasteiger partial charge in [-0.3, -0.25) is 0 Å². The van der Waals surface area contributed by atoms with Crippen LogP contribution in [0.1, 0.15) is 11.3 Å². The predicted octanol–water partition coefficient (Wildman–Crippen LogP) is 2.56. The van der Waals surface area contributed by atoms with Crippen molar-refractivity contribution < 1.29 is 8.42 Å². The third-order valence-electron chi connectivity index (χ3n) is 3.36. The number of benzene rings is 1. The van der Waals surface area contributed by atoms with E-state index in [0.717, 1.165) is 9.54 Å². The van der Waals surface area contributed by atoms with E-state index in [1.807, 2.05) is 6.92 Å². The maximum Gasteiger partial charge on any atom is 0.269 e. The summed E-state index contributed by atoms with van der Waals surface area (Å²) < 4.78 is 26.6. The van der Waals surface area contributed by atoms with Gasteiger partial charge in [0.15, 0.2) is 5.65 Å². The second kappa shape index (κ2) is 5.88. The Morgan fingerprint density at radius 3 is 2.61 bits per heavy atom. The van der Waals surface area contributed by atoms with Gasteiger partial charge in [-0.1, -0.05) is 17.7 Å². The normalized spacial score (nSPS) is 12.3. The number of fused-ring (bicyclic) bond motifs is 1. The summed E-state index contributed by atoms with van der Waals surface area (Å²) in [4.78, 5) is 8.79. The van der Waals surface area contributed by atoms with E-state index in [-0.39, 0.29) is 4.90 Å². The van der Waals surface area contributed by atoms with Crippen molar-refractivity contribution in [2.75, 3.05) is 7.05 Å². The van der Waals surface area contributed by atoms with Crippen molar-refractivity contribution >= 4 is 21.2 Å². The number of hydrogen-bond donors (Lipinski definition) is 0. The van der Waals surface area contributed by atoms with Crippen LogP contribution in [0.25, 0.3) is 11.2 Å². The number of azo groups is 1. The van der Waals surface area contributed by atoms with E-state index in [4.69, 9.17) is 0 Å². The molecule has 2 heterocycles. The van der Waals surface area contributed by atoms with Crippen molar-refractivity contribution in [3.8, 4) is 0 Å². The highest BCUT2D eigenvalue weighted by Gasteiger charge is 2.20. The third-order valence-corrected chi connectivity index (χ3v) is 5.04. The minimum atomic E-state index is -3.70. The van der Waals surface area contributed by atoms with Crippen molar-refractivity contribution in [2.24, 2.45) is 10.2 Å². The fourth-order valence-corrected chi connectivity index (χ4v) is 3.46. The molecule has 0 aliphatic rings. The molecular weight excluding hydrogens is 314 g/mol. The molecule has 0 fully saturated rings. The Bertz CT molecular complexity index is 975. The summed E-state index contributed by atoms with van der Waals surface area (Å²) in [5.74, 6) is 0. The second-order valence-corrected chi connectivity index (χ2v) is 6.81. The lowest BCUT2D eigenvalue weighted by molar-refractivity contribution is 0.588. The van der Waals surface area contributed by atoms with E-state index in [9.17, 15) is 8.42 Å². The topological polar surface area (TPSA) is 89.6 Å². The van der Waals surface area contributed by atoms with Crippen LogP contribution in [0.2, 0.25) is 0 Å². The molecule has 8 heteroatoms. The number of rotatable bonds is 4. The van der Waals surface area contributed by atoms with Crippen LogP contribution >= 0.6 is 0 Å². The van der Waals surface area contributed by atoms with Gasteiger partial charge in [-0.15, -0.1) is 0 Å².